The molecule has 0 bridgehead atoms. The first-order valence-electron chi connectivity index (χ1n) is 13.7. The number of anilines is 1. The number of nitrogens with one attached hydrogen (secondary N) is 1. The molecule has 4 aromatic carbocycles. The molecule has 212 valence electrons. The molecule has 1 amide bonds. The van der Waals surface area contributed by atoms with Gasteiger partial charge in [0.2, 0.25) is 0 Å². The zero-order valence-electron chi connectivity index (χ0n) is 23.3. The van der Waals surface area contributed by atoms with Crippen LogP contribution in [0.2, 0.25) is 5.02 Å². The lowest BCUT2D eigenvalue weighted by atomic mass is 9.87. The summed E-state index contributed by atoms with van der Waals surface area (Å²) >= 11 is 6.38. The highest BCUT2D eigenvalue weighted by Crippen LogP contribution is 2.34. The number of hydrogen-bond acceptors (Lipinski definition) is 6. The van der Waals surface area contributed by atoms with Gasteiger partial charge in [0.1, 0.15) is 6.33 Å². The van der Waals surface area contributed by atoms with Gasteiger partial charge in [-0.05, 0) is 75.5 Å². The highest BCUT2D eigenvalue weighted by atomic mass is 35.5. The smallest absolute Gasteiger partial charge is 0.411 e. The zero-order chi connectivity index (χ0) is 29.6. The molecular weight excluding hydrogens is 560 g/mol. The van der Waals surface area contributed by atoms with Crippen LogP contribution in [-0.4, -0.2) is 38.4 Å². The van der Waals surface area contributed by atoms with Gasteiger partial charge in [0, 0.05) is 39.6 Å². The van der Waals surface area contributed by atoms with E-state index in [1.165, 1.54) is 12.7 Å². The molecule has 1 unspecified atom stereocenters. The lowest BCUT2D eigenvalue weighted by Crippen LogP contribution is -2.10. The number of carbonyl (C=O) groups excluding carboxylic acids is 1. The average molecular weight is 587 g/mol. The van der Waals surface area contributed by atoms with Gasteiger partial charge in [0.05, 0.1) is 12.8 Å². The van der Waals surface area contributed by atoms with Crippen LogP contribution in [0.4, 0.5) is 10.5 Å². The van der Waals surface area contributed by atoms with Crippen LogP contribution in [0.3, 0.4) is 0 Å². The van der Waals surface area contributed by atoms with E-state index in [1.54, 1.807) is 11.0 Å². The van der Waals surface area contributed by atoms with Crippen molar-refractivity contribution >= 4 is 23.4 Å². The first-order valence-corrected chi connectivity index (χ1v) is 14.0. The van der Waals surface area contributed by atoms with Crippen LogP contribution in [0.1, 0.15) is 22.7 Å². The lowest BCUT2D eigenvalue weighted by molar-refractivity contribution is 0.187. The van der Waals surface area contributed by atoms with Crippen molar-refractivity contribution in [3.05, 3.63) is 144 Å². The molecule has 0 saturated heterocycles. The quantitative estimate of drug-likeness (QED) is 0.197. The number of tetrazole rings is 1. The second kappa shape index (κ2) is 12.7. The first kappa shape index (κ1) is 27.8. The van der Waals surface area contributed by atoms with Gasteiger partial charge >= 0.3 is 6.09 Å². The molecule has 1 atom stereocenters. The molecule has 0 radical (unpaired) electrons. The standard InChI is InChI=1S/C34H27ClN6O2/c1-43-34(42)38-29-14-10-24(11-15-29)25-8-5-9-26(19-25)30(18-23-6-3-2-4-7-23)32-16-12-27(21-36-32)31-20-28(35)13-17-33(31)41-22-37-39-40-41/h2-17,19-22,30H,18H2,1H3,(H,38,42). The minimum Gasteiger partial charge on any atom is -0.453 e. The number of nitrogens with zero attached hydrogens (tertiary/aromatic N) is 5. The molecule has 43 heavy (non-hydrogen) atoms. The Morgan fingerprint density at radius 1 is 0.884 bits per heavy atom. The van der Waals surface area contributed by atoms with E-state index in [2.05, 4.69) is 81.5 Å². The Morgan fingerprint density at radius 3 is 2.42 bits per heavy atom. The maximum atomic E-state index is 11.6. The maximum absolute atomic E-state index is 11.6. The number of benzene rings is 4. The number of ether oxygens (including phenoxy) is 1. The van der Waals surface area contributed by atoms with Crippen LogP contribution >= 0.6 is 11.6 Å². The number of aromatic nitrogens is 5. The minimum atomic E-state index is -0.501. The summed E-state index contributed by atoms with van der Waals surface area (Å²) in [6.07, 6.45) is 3.72. The number of carbonyl (C=O) groups is 1. The molecule has 8 nitrogen and oxygen atoms in total. The summed E-state index contributed by atoms with van der Waals surface area (Å²) in [5.41, 5.74) is 8.69. The molecule has 2 heterocycles. The predicted octanol–water partition coefficient (Wildman–Crippen LogP) is 7.60. The van der Waals surface area contributed by atoms with Crippen molar-refractivity contribution in [1.82, 2.24) is 25.2 Å². The van der Waals surface area contributed by atoms with E-state index >= 15 is 0 Å². The minimum absolute atomic E-state index is 0.00927. The number of amides is 1. The normalized spacial score (nSPS) is 11.6. The number of methoxy groups -OCH3 is 1. The fraction of sp³-hybridized carbons (Fsp3) is 0.0882. The third kappa shape index (κ3) is 6.45. The number of hydrogen-bond donors (Lipinski definition) is 1. The molecule has 6 aromatic rings. The number of pyridine rings is 1. The third-order valence-electron chi connectivity index (χ3n) is 7.23. The van der Waals surface area contributed by atoms with Crippen molar-refractivity contribution in [3.8, 4) is 27.9 Å². The van der Waals surface area contributed by atoms with E-state index in [0.29, 0.717) is 10.7 Å². The van der Waals surface area contributed by atoms with E-state index in [4.69, 9.17) is 21.3 Å². The van der Waals surface area contributed by atoms with Crippen LogP contribution in [0.25, 0.3) is 27.9 Å². The first-order chi connectivity index (χ1) is 21.1. The summed E-state index contributed by atoms with van der Waals surface area (Å²) in [4.78, 5) is 16.5. The molecule has 0 aliphatic heterocycles. The largest absolute Gasteiger partial charge is 0.453 e. The second-order valence-corrected chi connectivity index (χ2v) is 10.4. The van der Waals surface area contributed by atoms with E-state index in [9.17, 15) is 4.79 Å². The molecule has 2 aromatic heterocycles. The number of halogens is 1. The maximum Gasteiger partial charge on any atom is 0.411 e. The number of rotatable bonds is 8. The summed E-state index contributed by atoms with van der Waals surface area (Å²) in [6.45, 7) is 0. The van der Waals surface area contributed by atoms with Crippen molar-refractivity contribution in [3.63, 3.8) is 0 Å². The Labute approximate surface area is 254 Å². The lowest BCUT2D eigenvalue weighted by Gasteiger charge is -2.19. The predicted molar refractivity (Wildman–Crippen MR) is 167 cm³/mol. The Kier molecular flexibility index (Phi) is 8.19. The molecule has 0 saturated carbocycles. The van der Waals surface area contributed by atoms with Crippen LogP contribution < -0.4 is 5.32 Å². The topological polar surface area (TPSA) is 94.8 Å². The van der Waals surface area contributed by atoms with Crippen molar-refractivity contribution < 1.29 is 9.53 Å². The molecule has 0 aliphatic carbocycles. The van der Waals surface area contributed by atoms with Crippen molar-refractivity contribution in [2.75, 3.05) is 12.4 Å². The van der Waals surface area contributed by atoms with E-state index in [-0.39, 0.29) is 5.92 Å². The van der Waals surface area contributed by atoms with Crippen molar-refractivity contribution in [2.24, 2.45) is 0 Å². The van der Waals surface area contributed by atoms with Crippen molar-refractivity contribution in [1.29, 1.82) is 0 Å². The summed E-state index contributed by atoms with van der Waals surface area (Å²) in [5, 5.41) is 14.9. The highest BCUT2D eigenvalue weighted by Gasteiger charge is 2.19. The SMILES string of the molecule is COC(=O)Nc1ccc(-c2cccc(C(Cc3ccccc3)c3ccc(-c4cc(Cl)ccc4-n4cnnn4)cn3)c2)cc1. The summed E-state index contributed by atoms with van der Waals surface area (Å²) in [5.74, 6) is 0.00927. The molecule has 0 aliphatic rings. The summed E-state index contributed by atoms with van der Waals surface area (Å²) in [6, 6.07) is 36.4. The fourth-order valence-corrected chi connectivity index (χ4v) is 5.25. The van der Waals surface area contributed by atoms with Gasteiger partial charge < -0.3 is 4.74 Å². The molecule has 9 heteroatoms. The highest BCUT2D eigenvalue weighted by molar-refractivity contribution is 6.31. The van der Waals surface area contributed by atoms with Gasteiger partial charge in [-0.1, -0.05) is 84.4 Å². The van der Waals surface area contributed by atoms with Gasteiger partial charge in [0.15, 0.2) is 0 Å². The summed E-state index contributed by atoms with van der Waals surface area (Å²) in [7, 11) is 1.34. The van der Waals surface area contributed by atoms with E-state index in [0.717, 1.165) is 45.6 Å². The Balaban J connectivity index is 1.34. The van der Waals surface area contributed by atoms with Gasteiger partial charge in [-0.2, -0.15) is 4.68 Å². The van der Waals surface area contributed by atoms with Crippen molar-refractivity contribution in [2.45, 2.75) is 12.3 Å². The van der Waals surface area contributed by atoms with Gasteiger partial charge in [0.25, 0.3) is 0 Å². The van der Waals surface area contributed by atoms with Gasteiger partial charge in [-0.3, -0.25) is 10.3 Å². The average Bonchev–Trinajstić information content (AvgIpc) is 3.60. The molecule has 6 rings (SSSR count). The Morgan fingerprint density at radius 2 is 1.70 bits per heavy atom. The zero-order valence-corrected chi connectivity index (χ0v) is 24.0. The van der Waals surface area contributed by atoms with Crippen LogP contribution in [0, 0.1) is 0 Å². The molecule has 1 N–H and O–H groups in total. The van der Waals surface area contributed by atoms with E-state index < -0.39 is 6.09 Å². The second-order valence-electron chi connectivity index (χ2n) is 9.95. The molecule has 0 spiro atoms. The monoisotopic (exact) mass is 586 g/mol. The summed E-state index contributed by atoms with van der Waals surface area (Å²) < 4.78 is 6.30. The fourth-order valence-electron chi connectivity index (χ4n) is 5.07. The van der Waals surface area contributed by atoms with E-state index in [1.807, 2.05) is 54.7 Å². The molecule has 0 fully saturated rings. The Bertz CT molecular complexity index is 1830. The molecular formula is C34H27ClN6O2. The van der Waals surface area contributed by atoms with Gasteiger partial charge in [-0.15, -0.1) is 5.10 Å². The van der Waals surface area contributed by atoms with Crippen LogP contribution in [0.15, 0.2) is 122 Å². The third-order valence-corrected chi connectivity index (χ3v) is 7.47. The Hall–Kier alpha value is -5.34. The van der Waals surface area contributed by atoms with Gasteiger partial charge in [-0.25, -0.2) is 4.79 Å². The van der Waals surface area contributed by atoms with Crippen LogP contribution in [-0.2, 0) is 11.2 Å². The van der Waals surface area contributed by atoms with Crippen LogP contribution in [0.5, 0.6) is 0 Å².